The summed E-state index contributed by atoms with van der Waals surface area (Å²) in [5.41, 5.74) is 0. The molecule has 2 aliphatic rings. The van der Waals surface area contributed by atoms with Crippen LogP contribution in [0.15, 0.2) is 0 Å². The normalized spacial score (nSPS) is 26.7. The van der Waals surface area contributed by atoms with Crippen molar-refractivity contribution in [3.05, 3.63) is 0 Å². The predicted molar refractivity (Wildman–Crippen MR) is 84.2 cm³/mol. The van der Waals surface area contributed by atoms with Gasteiger partial charge in [0.05, 0.1) is 6.61 Å². The second-order valence-electron chi connectivity index (χ2n) is 6.84. The van der Waals surface area contributed by atoms with Crippen LogP contribution in [-0.2, 0) is 4.74 Å². The highest BCUT2D eigenvalue weighted by atomic mass is 16.5. The Morgan fingerprint density at radius 1 is 1.15 bits per heavy atom. The number of hydrogen-bond donors (Lipinski definition) is 1. The van der Waals surface area contributed by atoms with Crippen LogP contribution >= 0.6 is 0 Å². The van der Waals surface area contributed by atoms with E-state index in [2.05, 4.69) is 29.0 Å². The van der Waals surface area contributed by atoms with E-state index in [0.29, 0.717) is 12.0 Å². The summed E-state index contributed by atoms with van der Waals surface area (Å²) in [5.74, 6) is 0.717. The van der Waals surface area contributed by atoms with Crippen LogP contribution < -0.4 is 5.32 Å². The molecular weight excluding hydrogens is 250 g/mol. The molecule has 2 rings (SSSR count). The lowest BCUT2D eigenvalue weighted by Crippen LogP contribution is -2.46. The number of likely N-dealkylation sites (tertiary alicyclic amines) is 2. The van der Waals surface area contributed by atoms with Gasteiger partial charge in [0.2, 0.25) is 0 Å². The Morgan fingerprint density at radius 2 is 1.90 bits per heavy atom. The van der Waals surface area contributed by atoms with E-state index in [4.69, 9.17) is 4.74 Å². The van der Waals surface area contributed by atoms with Crippen molar-refractivity contribution >= 4 is 0 Å². The Kier molecular flexibility index (Phi) is 6.75. The molecule has 0 saturated carbocycles. The Balaban J connectivity index is 1.77. The molecule has 0 aromatic carbocycles. The molecule has 0 bridgehead atoms. The molecule has 2 heterocycles. The fraction of sp³-hybridized carbons (Fsp3) is 1.00. The van der Waals surface area contributed by atoms with Gasteiger partial charge in [0.1, 0.15) is 0 Å². The van der Waals surface area contributed by atoms with E-state index in [9.17, 15) is 0 Å². The van der Waals surface area contributed by atoms with Crippen LogP contribution in [0.1, 0.15) is 33.1 Å². The van der Waals surface area contributed by atoms with Crippen molar-refractivity contribution in [2.24, 2.45) is 5.92 Å². The fourth-order valence-corrected chi connectivity index (χ4v) is 3.53. The van der Waals surface area contributed by atoms with Crippen molar-refractivity contribution in [3.63, 3.8) is 0 Å². The number of rotatable bonds is 8. The summed E-state index contributed by atoms with van der Waals surface area (Å²) in [6.45, 7) is 12.6. The highest BCUT2D eigenvalue weighted by molar-refractivity contribution is 4.89. The summed E-state index contributed by atoms with van der Waals surface area (Å²) in [6, 6.07) is 1.33. The molecular formula is C16H33N3O. The van der Waals surface area contributed by atoms with Gasteiger partial charge in [-0.3, -0.25) is 9.80 Å². The van der Waals surface area contributed by atoms with E-state index < -0.39 is 0 Å². The molecule has 0 radical (unpaired) electrons. The van der Waals surface area contributed by atoms with Gasteiger partial charge in [-0.1, -0.05) is 13.8 Å². The maximum Gasteiger partial charge on any atom is 0.0630 e. The van der Waals surface area contributed by atoms with Gasteiger partial charge >= 0.3 is 0 Å². The van der Waals surface area contributed by atoms with Crippen molar-refractivity contribution in [3.8, 4) is 0 Å². The van der Waals surface area contributed by atoms with Crippen LogP contribution in [0.4, 0.5) is 0 Å². The molecule has 2 saturated heterocycles. The molecule has 0 aromatic heterocycles. The molecule has 0 spiro atoms. The third-order valence-corrected chi connectivity index (χ3v) is 4.66. The van der Waals surface area contributed by atoms with E-state index in [-0.39, 0.29) is 0 Å². The average Bonchev–Trinajstić information content (AvgIpc) is 3.08. The van der Waals surface area contributed by atoms with Crippen LogP contribution in [0.2, 0.25) is 0 Å². The summed E-state index contributed by atoms with van der Waals surface area (Å²) >= 11 is 0. The number of nitrogens with zero attached hydrogens (tertiary/aromatic N) is 2. The minimum absolute atomic E-state index is 0.534. The van der Waals surface area contributed by atoms with E-state index >= 15 is 0 Å². The van der Waals surface area contributed by atoms with Gasteiger partial charge in [-0.05, 0) is 44.8 Å². The zero-order valence-corrected chi connectivity index (χ0v) is 13.6. The number of hydrogen-bond acceptors (Lipinski definition) is 4. The van der Waals surface area contributed by atoms with Crippen LogP contribution in [0.3, 0.4) is 0 Å². The monoisotopic (exact) mass is 283 g/mol. The van der Waals surface area contributed by atoms with Gasteiger partial charge in [0.25, 0.3) is 0 Å². The lowest BCUT2D eigenvalue weighted by Gasteiger charge is -2.29. The molecule has 1 N–H and O–H groups in total. The lowest BCUT2D eigenvalue weighted by atomic mass is 10.2. The highest BCUT2D eigenvalue weighted by Crippen LogP contribution is 2.21. The van der Waals surface area contributed by atoms with E-state index in [1.54, 1.807) is 0 Å². The summed E-state index contributed by atoms with van der Waals surface area (Å²) < 4.78 is 5.44. The standard InChI is InChI=1S/C16H33N3O/c1-14(2)10-17-11-16(13-20-3)19-9-6-15(12-19)18-7-4-5-8-18/h14-17H,4-13H2,1-3H3. The van der Waals surface area contributed by atoms with Gasteiger partial charge in [-0.2, -0.15) is 0 Å². The fourth-order valence-electron chi connectivity index (χ4n) is 3.53. The summed E-state index contributed by atoms with van der Waals surface area (Å²) in [5, 5.41) is 3.60. The van der Waals surface area contributed by atoms with E-state index in [1.165, 1.54) is 45.4 Å². The molecule has 2 atom stereocenters. The largest absolute Gasteiger partial charge is 0.383 e. The van der Waals surface area contributed by atoms with Gasteiger partial charge in [0.15, 0.2) is 0 Å². The Labute approximate surface area is 124 Å². The third-order valence-electron chi connectivity index (χ3n) is 4.66. The van der Waals surface area contributed by atoms with E-state index in [0.717, 1.165) is 25.7 Å². The van der Waals surface area contributed by atoms with Crippen molar-refractivity contribution in [1.29, 1.82) is 0 Å². The Morgan fingerprint density at radius 3 is 2.55 bits per heavy atom. The number of methoxy groups -OCH3 is 1. The van der Waals surface area contributed by atoms with Crippen LogP contribution in [0, 0.1) is 5.92 Å². The molecule has 118 valence electrons. The minimum Gasteiger partial charge on any atom is -0.383 e. The summed E-state index contributed by atoms with van der Waals surface area (Å²) in [6.07, 6.45) is 4.13. The first kappa shape index (κ1) is 16.2. The van der Waals surface area contributed by atoms with Gasteiger partial charge < -0.3 is 10.1 Å². The first-order valence-electron chi connectivity index (χ1n) is 8.38. The van der Waals surface area contributed by atoms with E-state index in [1.807, 2.05) is 7.11 Å². The van der Waals surface area contributed by atoms with Crippen molar-refractivity contribution in [2.45, 2.75) is 45.2 Å². The van der Waals surface area contributed by atoms with Crippen LogP contribution in [-0.4, -0.2) is 74.9 Å². The minimum atomic E-state index is 0.534. The molecule has 0 amide bonds. The maximum atomic E-state index is 5.44. The van der Waals surface area contributed by atoms with Crippen LogP contribution in [0.25, 0.3) is 0 Å². The predicted octanol–water partition coefficient (Wildman–Crippen LogP) is 1.42. The molecule has 4 nitrogen and oxygen atoms in total. The van der Waals surface area contributed by atoms with Crippen molar-refractivity contribution in [2.75, 3.05) is 53.0 Å². The van der Waals surface area contributed by atoms with Gasteiger partial charge in [0, 0.05) is 38.8 Å². The molecule has 0 aliphatic carbocycles. The zero-order valence-electron chi connectivity index (χ0n) is 13.6. The molecule has 0 aromatic rings. The van der Waals surface area contributed by atoms with Crippen molar-refractivity contribution < 1.29 is 4.74 Å². The molecule has 2 unspecified atom stereocenters. The third kappa shape index (κ3) is 4.69. The Bertz CT molecular complexity index is 266. The molecule has 4 heteroatoms. The van der Waals surface area contributed by atoms with Crippen molar-refractivity contribution in [1.82, 2.24) is 15.1 Å². The average molecular weight is 283 g/mol. The quantitative estimate of drug-likeness (QED) is 0.729. The summed E-state index contributed by atoms with van der Waals surface area (Å²) in [4.78, 5) is 5.34. The number of ether oxygens (including phenoxy) is 1. The topological polar surface area (TPSA) is 27.7 Å². The smallest absolute Gasteiger partial charge is 0.0630 e. The second-order valence-corrected chi connectivity index (χ2v) is 6.84. The first-order chi connectivity index (χ1) is 9.70. The SMILES string of the molecule is COCC(CNCC(C)C)N1CCC(N2CCCC2)C1. The van der Waals surface area contributed by atoms with Gasteiger partial charge in [-0.25, -0.2) is 0 Å². The van der Waals surface area contributed by atoms with Crippen LogP contribution in [0.5, 0.6) is 0 Å². The summed E-state index contributed by atoms with van der Waals surface area (Å²) in [7, 11) is 1.82. The lowest BCUT2D eigenvalue weighted by molar-refractivity contribution is 0.0980. The second kappa shape index (κ2) is 8.32. The Hall–Kier alpha value is -0.160. The highest BCUT2D eigenvalue weighted by Gasteiger charge is 2.32. The van der Waals surface area contributed by atoms with Gasteiger partial charge in [-0.15, -0.1) is 0 Å². The molecule has 2 fully saturated rings. The number of nitrogens with one attached hydrogen (secondary N) is 1. The maximum absolute atomic E-state index is 5.44. The molecule has 20 heavy (non-hydrogen) atoms. The zero-order chi connectivity index (χ0) is 14.4. The molecule has 2 aliphatic heterocycles. The first-order valence-corrected chi connectivity index (χ1v) is 8.38.